The van der Waals surface area contributed by atoms with Crippen LogP contribution in [0.25, 0.3) is 0 Å². The van der Waals surface area contributed by atoms with Crippen LogP contribution in [-0.4, -0.2) is 37.2 Å². The van der Waals surface area contributed by atoms with Gasteiger partial charge in [-0.3, -0.25) is 0 Å². The van der Waals surface area contributed by atoms with Crippen LogP contribution < -0.4 is 15.8 Å². The Kier molecular flexibility index (Phi) is 3.51. The second-order valence-corrected chi connectivity index (χ2v) is 5.61. The summed E-state index contributed by atoms with van der Waals surface area (Å²) >= 11 is 0. The maximum atomic E-state index is 5.94. The SMILES string of the molecule is CCOc1cc(N)cc(NC2CN3CCC2CC3)c1. The standard InChI is InChI=1S/C15H23N3O/c1-2-19-14-8-12(16)7-13(9-14)17-15-10-18-5-3-11(15)4-6-18/h7-9,11,15,17H,2-6,10,16H2,1H3. The van der Waals surface area contributed by atoms with Crippen molar-refractivity contribution in [1.29, 1.82) is 0 Å². The first kappa shape index (κ1) is 12.6. The molecule has 0 aromatic heterocycles. The van der Waals surface area contributed by atoms with Gasteiger partial charge in [0.05, 0.1) is 6.61 Å². The lowest BCUT2D eigenvalue weighted by molar-refractivity contribution is 0.0975. The Hall–Kier alpha value is -1.42. The fraction of sp³-hybridized carbons (Fsp3) is 0.600. The van der Waals surface area contributed by atoms with E-state index in [4.69, 9.17) is 10.5 Å². The van der Waals surface area contributed by atoms with E-state index in [-0.39, 0.29) is 0 Å². The van der Waals surface area contributed by atoms with Crippen molar-refractivity contribution >= 4 is 11.4 Å². The summed E-state index contributed by atoms with van der Waals surface area (Å²) in [6.07, 6.45) is 2.64. The molecule has 0 amide bonds. The molecule has 1 aromatic carbocycles. The Morgan fingerprint density at radius 3 is 2.74 bits per heavy atom. The lowest BCUT2D eigenvalue weighted by atomic mass is 9.84. The number of rotatable bonds is 4. The topological polar surface area (TPSA) is 50.5 Å². The summed E-state index contributed by atoms with van der Waals surface area (Å²) in [6, 6.07) is 6.49. The zero-order valence-electron chi connectivity index (χ0n) is 11.6. The van der Waals surface area contributed by atoms with Crippen LogP contribution in [0.15, 0.2) is 18.2 Å². The van der Waals surface area contributed by atoms with Gasteiger partial charge in [0.15, 0.2) is 0 Å². The number of hydrogen-bond donors (Lipinski definition) is 2. The van der Waals surface area contributed by atoms with Gasteiger partial charge in [0, 0.05) is 36.1 Å². The molecule has 3 aliphatic rings. The highest BCUT2D eigenvalue weighted by molar-refractivity contribution is 5.59. The highest BCUT2D eigenvalue weighted by Crippen LogP contribution is 2.31. The van der Waals surface area contributed by atoms with Gasteiger partial charge in [-0.2, -0.15) is 0 Å². The minimum Gasteiger partial charge on any atom is -0.494 e. The first-order valence-electron chi connectivity index (χ1n) is 7.27. The molecule has 1 unspecified atom stereocenters. The number of nitrogen functional groups attached to an aromatic ring is 1. The number of hydrogen-bond acceptors (Lipinski definition) is 4. The van der Waals surface area contributed by atoms with Gasteiger partial charge in [0.1, 0.15) is 5.75 Å². The van der Waals surface area contributed by atoms with Crippen LogP contribution >= 0.6 is 0 Å². The number of fused-ring (bicyclic) bond motifs is 3. The van der Waals surface area contributed by atoms with E-state index in [2.05, 4.69) is 16.3 Å². The summed E-state index contributed by atoms with van der Waals surface area (Å²) in [4.78, 5) is 2.55. The fourth-order valence-electron chi connectivity index (χ4n) is 3.30. The summed E-state index contributed by atoms with van der Waals surface area (Å²) < 4.78 is 5.55. The number of piperidine rings is 3. The molecule has 3 aliphatic heterocycles. The second-order valence-electron chi connectivity index (χ2n) is 5.61. The van der Waals surface area contributed by atoms with Gasteiger partial charge in [0.2, 0.25) is 0 Å². The number of benzene rings is 1. The molecule has 1 aromatic rings. The predicted molar refractivity (Wildman–Crippen MR) is 78.6 cm³/mol. The zero-order valence-corrected chi connectivity index (χ0v) is 11.6. The molecule has 3 fully saturated rings. The highest BCUT2D eigenvalue weighted by atomic mass is 16.5. The molecule has 3 saturated heterocycles. The van der Waals surface area contributed by atoms with Gasteiger partial charge in [-0.05, 0) is 44.8 Å². The minimum absolute atomic E-state index is 0.554. The predicted octanol–water partition coefficient (Wildman–Crippen LogP) is 2.17. The molecular weight excluding hydrogens is 238 g/mol. The lowest BCUT2D eigenvalue weighted by Crippen LogP contribution is -2.53. The summed E-state index contributed by atoms with van der Waals surface area (Å²) in [5, 5.41) is 3.65. The number of anilines is 2. The van der Waals surface area contributed by atoms with E-state index in [1.165, 1.54) is 25.9 Å². The molecule has 0 radical (unpaired) electrons. The van der Waals surface area contributed by atoms with Crippen LogP contribution in [0, 0.1) is 5.92 Å². The van der Waals surface area contributed by atoms with Gasteiger partial charge >= 0.3 is 0 Å². The Labute approximate surface area is 114 Å². The van der Waals surface area contributed by atoms with Crippen LogP contribution in [0.1, 0.15) is 19.8 Å². The van der Waals surface area contributed by atoms with Crippen molar-refractivity contribution in [3.63, 3.8) is 0 Å². The van der Waals surface area contributed by atoms with E-state index in [9.17, 15) is 0 Å². The normalized spacial score (nSPS) is 29.2. The van der Waals surface area contributed by atoms with Crippen molar-refractivity contribution in [2.45, 2.75) is 25.8 Å². The van der Waals surface area contributed by atoms with E-state index in [1.807, 2.05) is 19.1 Å². The van der Waals surface area contributed by atoms with E-state index in [0.717, 1.165) is 29.6 Å². The zero-order chi connectivity index (χ0) is 13.2. The van der Waals surface area contributed by atoms with E-state index in [0.29, 0.717) is 12.6 Å². The van der Waals surface area contributed by atoms with Gasteiger partial charge in [-0.1, -0.05) is 0 Å². The average molecular weight is 261 g/mol. The molecular formula is C15H23N3O. The Morgan fingerprint density at radius 1 is 1.32 bits per heavy atom. The van der Waals surface area contributed by atoms with Crippen LogP contribution in [0.5, 0.6) is 5.75 Å². The van der Waals surface area contributed by atoms with Crippen molar-refractivity contribution in [3.05, 3.63) is 18.2 Å². The third-order valence-electron chi connectivity index (χ3n) is 4.25. The number of nitrogens with one attached hydrogen (secondary N) is 1. The van der Waals surface area contributed by atoms with Crippen molar-refractivity contribution < 1.29 is 4.74 Å². The summed E-state index contributed by atoms with van der Waals surface area (Å²) in [6.45, 7) is 6.35. The number of nitrogens with zero attached hydrogens (tertiary/aromatic N) is 1. The number of nitrogens with two attached hydrogens (primary N) is 1. The molecule has 0 spiro atoms. The smallest absolute Gasteiger partial charge is 0.123 e. The van der Waals surface area contributed by atoms with E-state index < -0.39 is 0 Å². The van der Waals surface area contributed by atoms with Gasteiger partial charge < -0.3 is 20.7 Å². The minimum atomic E-state index is 0.554. The van der Waals surface area contributed by atoms with Crippen molar-refractivity contribution in [3.8, 4) is 5.75 Å². The van der Waals surface area contributed by atoms with E-state index >= 15 is 0 Å². The molecule has 0 aliphatic carbocycles. The number of ether oxygens (including phenoxy) is 1. The Balaban J connectivity index is 1.72. The van der Waals surface area contributed by atoms with Crippen LogP contribution in [0.3, 0.4) is 0 Å². The van der Waals surface area contributed by atoms with Crippen LogP contribution in [0.2, 0.25) is 0 Å². The molecule has 0 saturated carbocycles. The highest BCUT2D eigenvalue weighted by Gasteiger charge is 2.33. The van der Waals surface area contributed by atoms with Crippen molar-refractivity contribution in [2.75, 3.05) is 37.3 Å². The first-order chi connectivity index (χ1) is 9.24. The molecule has 3 heterocycles. The molecule has 19 heavy (non-hydrogen) atoms. The monoisotopic (exact) mass is 261 g/mol. The first-order valence-corrected chi connectivity index (χ1v) is 7.27. The summed E-state index contributed by atoms with van der Waals surface area (Å²) in [5.74, 6) is 1.66. The Morgan fingerprint density at radius 2 is 2.11 bits per heavy atom. The van der Waals surface area contributed by atoms with Gasteiger partial charge in [-0.15, -0.1) is 0 Å². The third-order valence-corrected chi connectivity index (χ3v) is 4.25. The quantitative estimate of drug-likeness (QED) is 0.816. The van der Waals surface area contributed by atoms with E-state index in [1.54, 1.807) is 0 Å². The summed E-state index contributed by atoms with van der Waals surface area (Å²) in [7, 11) is 0. The molecule has 4 heteroatoms. The Bertz CT molecular complexity index is 441. The van der Waals surface area contributed by atoms with Crippen molar-refractivity contribution in [2.24, 2.45) is 5.92 Å². The van der Waals surface area contributed by atoms with Gasteiger partial charge in [-0.25, -0.2) is 0 Å². The lowest BCUT2D eigenvalue weighted by Gasteiger charge is -2.45. The van der Waals surface area contributed by atoms with Gasteiger partial charge in [0.25, 0.3) is 0 Å². The van der Waals surface area contributed by atoms with Crippen molar-refractivity contribution in [1.82, 2.24) is 4.90 Å². The second kappa shape index (κ2) is 5.29. The molecule has 4 rings (SSSR count). The largest absolute Gasteiger partial charge is 0.494 e. The van der Waals surface area contributed by atoms with Crippen LogP contribution in [-0.2, 0) is 0 Å². The average Bonchev–Trinajstić information content (AvgIpc) is 2.39. The molecule has 104 valence electrons. The molecule has 4 nitrogen and oxygen atoms in total. The molecule has 2 bridgehead atoms. The maximum absolute atomic E-state index is 5.94. The molecule has 3 N–H and O–H groups in total. The summed E-state index contributed by atoms with van der Waals surface area (Å²) in [5.41, 5.74) is 7.78. The maximum Gasteiger partial charge on any atom is 0.123 e. The van der Waals surface area contributed by atoms with Crippen LogP contribution in [0.4, 0.5) is 11.4 Å². The third kappa shape index (κ3) is 2.78. The fourth-order valence-corrected chi connectivity index (χ4v) is 3.30. The molecule has 1 atom stereocenters.